The number of carbonyl (C=O) groups is 2. The number of aryl methyl sites for hydroxylation is 2. The number of nitrogens with zero attached hydrogens (tertiary/aromatic N) is 3. The average Bonchev–Trinajstić information content (AvgIpc) is 3.29. The zero-order valence-corrected chi connectivity index (χ0v) is 23.5. The van der Waals surface area contributed by atoms with Gasteiger partial charge in [0.1, 0.15) is 17.4 Å². The van der Waals surface area contributed by atoms with Gasteiger partial charge in [0, 0.05) is 50.0 Å². The first-order valence-corrected chi connectivity index (χ1v) is 14.2. The molecule has 0 bridgehead atoms. The van der Waals surface area contributed by atoms with Gasteiger partial charge in [-0.1, -0.05) is 19.1 Å². The van der Waals surface area contributed by atoms with Crippen molar-refractivity contribution in [3.05, 3.63) is 77.4 Å². The summed E-state index contributed by atoms with van der Waals surface area (Å²) in [7, 11) is -0.673. The molecule has 10 nitrogen and oxygen atoms in total. The first-order valence-electron chi connectivity index (χ1n) is 12.7. The van der Waals surface area contributed by atoms with Crippen LogP contribution in [0.2, 0.25) is 0 Å². The molecule has 1 amide bonds. The second kappa shape index (κ2) is 10.8. The van der Waals surface area contributed by atoms with E-state index in [4.69, 9.17) is 4.74 Å². The minimum absolute atomic E-state index is 0.0789. The zero-order valence-electron chi connectivity index (χ0n) is 22.7. The molecule has 39 heavy (non-hydrogen) atoms. The largest absolute Gasteiger partial charge is 0.487 e. The van der Waals surface area contributed by atoms with Crippen molar-refractivity contribution >= 4 is 21.9 Å². The van der Waals surface area contributed by atoms with Gasteiger partial charge in [-0.05, 0) is 56.2 Å². The lowest BCUT2D eigenvalue weighted by Crippen LogP contribution is -2.44. The van der Waals surface area contributed by atoms with Crippen molar-refractivity contribution in [3.8, 4) is 5.75 Å². The summed E-state index contributed by atoms with van der Waals surface area (Å²) < 4.78 is 37.2. The minimum atomic E-state index is -3.87. The van der Waals surface area contributed by atoms with Crippen molar-refractivity contribution in [1.29, 1.82) is 0 Å². The van der Waals surface area contributed by atoms with Gasteiger partial charge in [0.25, 0.3) is 5.91 Å². The van der Waals surface area contributed by atoms with Crippen molar-refractivity contribution in [2.75, 3.05) is 7.05 Å². The number of likely N-dealkylation sites (N-methyl/N-ethyl adjacent to an activating group) is 1. The zero-order chi connectivity index (χ0) is 28.5. The molecule has 0 spiro atoms. The van der Waals surface area contributed by atoms with Gasteiger partial charge >= 0.3 is 5.97 Å². The molecule has 0 fully saturated rings. The summed E-state index contributed by atoms with van der Waals surface area (Å²) in [6, 6.07) is 9.72. The summed E-state index contributed by atoms with van der Waals surface area (Å²) >= 11 is 0. The molecular formula is C28H34N4O6S. The smallest absolute Gasteiger partial charge is 0.326 e. The predicted octanol–water partition coefficient (Wildman–Crippen LogP) is 3.33. The number of carboxylic acids is 1. The Morgan fingerprint density at radius 3 is 2.51 bits per heavy atom. The van der Waals surface area contributed by atoms with Crippen LogP contribution in [0, 0.1) is 0 Å². The van der Waals surface area contributed by atoms with Gasteiger partial charge in [0.2, 0.25) is 10.0 Å². The van der Waals surface area contributed by atoms with Crippen LogP contribution in [0.4, 0.5) is 0 Å². The summed E-state index contributed by atoms with van der Waals surface area (Å²) in [4.78, 5) is 30.9. The number of benzene rings is 2. The maximum Gasteiger partial charge on any atom is 0.326 e. The first-order chi connectivity index (χ1) is 18.3. The van der Waals surface area contributed by atoms with E-state index in [1.54, 1.807) is 66.6 Å². The van der Waals surface area contributed by atoms with Gasteiger partial charge in [-0.3, -0.25) is 4.79 Å². The third-order valence-corrected chi connectivity index (χ3v) is 8.53. The van der Waals surface area contributed by atoms with E-state index in [2.05, 4.69) is 9.71 Å². The Kier molecular flexibility index (Phi) is 7.85. The van der Waals surface area contributed by atoms with Crippen molar-refractivity contribution in [3.63, 3.8) is 0 Å². The first kappa shape index (κ1) is 28.3. The minimum Gasteiger partial charge on any atom is -0.487 e. The van der Waals surface area contributed by atoms with Gasteiger partial charge in [-0.2, -0.15) is 0 Å². The topological polar surface area (TPSA) is 131 Å². The molecule has 2 heterocycles. The standard InChI is InChI=1S/C28H34N4O6S/c1-6-18-7-10-21(11-8-18)39(36,37)30-23-15-28(2,3)38-25-12-9-19(13-22(23)25)26(33)32(5)24(27(34)35)14-20-16-29-17-31(20)4/h7-13,16-17,23-24,30H,6,14-15H2,1-5H3,(H,34,35)/t23-,24?/m0/s1. The molecule has 4 rings (SSSR count). The van der Waals surface area contributed by atoms with Crippen molar-refractivity contribution < 1.29 is 27.9 Å². The van der Waals surface area contributed by atoms with E-state index in [0.29, 0.717) is 23.4 Å². The highest BCUT2D eigenvalue weighted by molar-refractivity contribution is 7.89. The number of sulfonamides is 1. The second-order valence-corrected chi connectivity index (χ2v) is 12.2. The normalized spacial score (nSPS) is 17.1. The lowest BCUT2D eigenvalue weighted by Gasteiger charge is -2.38. The Bertz CT molecular complexity index is 1480. The Morgan fingerprint density at radius 1 is 1.23 bits per heavy atom. The van der Waals surface area contributed by atoms with Gasteiger partial charge in [-0.25, -0.2) is 22.9 Å². The molecular weight excluding hydrogens is 520 g/mol. The summed E-state index contributed by atoms with van der Waals surface area (Å²) in [6.45, 7) is 5.74. The number of hydrogen-bond acceptors (Lipinski definition) is 6. The van der Waals surface area contributed by atoms with Crippen molar-refractivity contribution in [2.24, 2.45) is 7.05 Å². The molecule has 0 radical (unpaired) electrons. The van der Waals surface area contributed by atoms with E-state index in [-0.39, 0.29) is 16.9 Å². The fraction of sp³-hybridized carbons (Fsp3) is 0.393. The van der Waals surface area contributed by atoms with Crippen LogP contribution < -0.4 is 9.46 Å². The average molecular weight is 555 g/mol. The highest BCUT2D eigenvalue weighted by Gasteiger charge is 2.37. The molecule has 2 N–H and O–H groups in total. The Hall–Kier alpha value is -3.70. The summed E-state index contributed by atoms with van der Waals surface area (Å²) in [5, 5.41) is 9.87. The fourth-order valence-corrected chi connectivity index (χ4v) is 5.98. The number of rotatable bonds is 9. The number of nitrogens with one attached hydrogen (secondary N) is 1. The molecule has 2 atom stereocenters. The molecule has 208 valence electrons. The van der Waals surface area contributed by atoms with E-state index in [0.717, 1.165) is 12.0 Å². The van der Waals surface area contributed by atoms with E-state index in [9.17, 15) is 23.1 Å². The second-order valence-electron chi connectivity index (χ2n) is 10.5. The Balaban J connectivity index is 1.64. The molecule has 0 saturated heterocycles. The van der Waals surface area contributed by atoms with Crippen LogP contribution in [0.25, 0.3) is 0 Å². The molecule has 1 unspecified atom stereocenters. The van der Waals surface area contributed by atoms with Crippen molar-refractivity contribution in [2.45, 2.75) is 62.6 Å². The quantitative estimate of drug-likeness (QED) is 0.415. The van der Waals surface area contributed by atoms with Crippen LogP contribution >= 0.6 is 0 Å². The lowest BCUT2D eigenvalue weighted by molar-refractivity contribution is -0.141. The van der Waals surface area contributed by atoms with Gasteiger partial charge in [0.05, 0.1) is 17.3 Å². The van der Waals surface area contributed by atoms with Crippen LogP contribution in [0.1, 0.15) is 60.4 Å². The van der Waals surface area contributed by atoms with Gasteiger partial charge in [0.15, 0.2) is 0 Å². The molecule has 0 aliphatic carbocycles. The number of aliphatic carboxylic acids is 1. The number of ether oxygens (including phenoxy) is 1. The number of carboxylic acid groups (broad SMARTS) is 1. The molecule has 2 aromatic carbocycles. The van der Waals surface area contributed by atoms with Crippen LogP contribution in [-0.2, 0) is 34.7 Å². The fourth-order valence-electron chi connectivity index (χ4n) is 4.77. The maximum atomic E-state index is 13.5. The lowest BCUT2D eigenvalue weighted by atomic mass is 9.89. The SMILES string of the molecule is CCc1ccc(S(=O)(=O)N[C@H]2CC(C)(C)Oc3ccc(C(=O)N(C)C(Cc4cncn4C)C(=O)O)cc32)cc1. The molecule has 3 aromatic rings. The van der Waals surface area contributed by atoms with Crippen molar-refractivity contribution in [1.82, 2.24) is 19.2 Å². The number of amides is 1. The number of fused-ring (bicyclic) bond motifs is 1. The van der Waals surface area contributed by atoms with Crippen LogP contribution in [0.3, 0.4) is 0 Å². The Morgan fingerprint density at radius 2 is 1.92 bits per heavy atom. The highest BCUT2D eigenvalue weighted by Crippen LogP contribution is 2.41. The third-order valence-electron chi connectivity index (χ3n) is 7.05. The van der Waals surface area contributed by atoms with Crippen LogP contribution in [-0.4, -0.2) is 58.5 Å². The summed E-state index contributed by atoms with van der Waals surface area (Å²) in [5.41, 5.74) is 1.78. The molecule has 0 saturated carbocycles. The third kappa shape index (κ3) is 6.15. The highest BCUT2D eigenvalue weighted by atomic mass is 32.2. The van der Waals surface area contributed by atoms with Gasteiger partial charge in [-0.15, -0.1) is 0 Å². The van der Waals surface area contributed by atoms with E-state index in [1.807, 2.05) is 20.8 Å². The molecule has 11 heteroatoms. The molecule has 1 aliphatic heterocycles. The Labute approximate surface area is 228 Å². The maximum absolute atomic E-state index is 13.5. The molecule has 1 aliphatic rings. The summed E-state index contributed by atoms with van der Waals surface area (Å²) in [6.07, 6.45) is 4.35. The number of imidazole rings is 1. The number of carbonyl (C=O) groups excluding carboxylic acids is 1. The van der Waals surface area contributed by atoms with Crippen LogP contribution in [0.15, 0.2) is 59.9 Å². The van der Waals surface area contributed by atoms with Crippen LogP contribution in [0.5, 0.6) is 5.75 Å². The summed E-state index contributed by atoms with van der Waals surface area (Å²) in [5.74, 6) is -1.19. The van der Waals surface area contributed by atoms with E-state index in [1.165, 1.54) is 11.9 Å². The predicted molar refractivity (Wildman–Crippen MR) is 145 cm³/mol. The van der Waals surface area contributed by atoms with E-state index < -0.39 is 39.6 Å². The van der Waals surface area contributed by atoms with E-state index >= 15 is 0 Å². The monoisotopic (exact) mass is 554 g/mol. The van der Waals surface area contributed by atoms with Gasteiger partial charge < -0.3 is 19.3 Å². The molecule has 1 aromatic heterocycles. The number of hydrogen-bond donors (Lipinski definition) is 2. The number of aromatic nitrogens is 2.